The van der Waals surface area contributed by atoms with Gasteiger partial charge in [-0.3, -0.25) is 4.55 Å². The smallest absolute Gasteiger partial charge is 0.265 e. The average molecular weight is 341 g/mol. The van der Waals surface area contributed by atoms with E-state index in [1.807, 2.05) is 0 Å². The molecule has 0 atom stereocenters. The molecule has 22 heavy (non-hydrogen) atoms. The molecule has 0 fully saturated rings. The van der Waals surface area contributed by atoms with Crippen LogP contribution in [0.5, 0.6) is 0 Å². The fourth-order valence-corrected chi connectivity index (χ4v) is 2.87. The summed E-state index contributed by atoms with van der Waals surface area (Å²) in [6.45, 7) is 12.4. The molecular weight excluding hydrogens is 306 g/mol. The summed E-state index contributed by atoms with van der Waals surface area (Å²) in [6.07, 6.45) is 2.69. The molecule has 0 aromatic carbocycles. The van der Waals surface area contributed by atoms with E-state index in [2.05, 4.69) is 20.8 Å². The summed E-state index contributed by atoms with van der Waals surface area (Å²) < 4.78 is 42.3. The van der Waals surface area contributed by atoms with E-state index in [9.17, 15) is 8.42 Å². The molecule has 0 aliphatic carbocycles. The van der Waals surface area contributed by atoms with Crippen molar-refractivity contribution < 1.29 is 26.9 Å². The van der Waals surface area contributed by atoms with Crippen molar-refractivity contribution in [2.75, 3.05) is 58.4 Å². The molecule has 0 amide bonds. The SMILES string of the molecule is CCCCOCCOCC[N+](CC)(CC)CCCS(=O)(=O)O. The van der Waals surface area contributed by atoms with Gasteiger partial charge < -0.3 is 14.0 Å². The minimum atomic E-state index is -3.86. The Hall–Kier alpha value is -0.210. The number of hydrogen-bond acceptors (Lipinski definition) is 4. The van der Waals surface area contributed by atoms with Gasteiger partial charge in [-0.15, -0.1) is 0 Å². The molecule has 0 aromatic heterocycles. The molecule has 0 aliphatic rings. The van der Waals surface area contributed by atoms with Crippen LogP contribution in [0.15, 0.2) is 0 Å². The molecule has 7 heteroatoms. The maximum absolute atomic E-state index is 10.8. The molecule has 6 nitrogen and oxygen atoms in total. The van der Waals surface area contributed by atoms with E-state index in [0.717, 1.165) is 50.1 Å². The molecular formula is C15H34NO5S+. The first-order valence-electron chi connectivity index (χ1n) is 8.35. The molecule has 0 aromatic rings. The van der Waals surface area contributed by atoms with Crippen molar-refractivity contribution in [3.05, 3.63) is 0 Å². The van der Waals surface area contributed by atoms with E-state index in [-0.39, 0.29) is 5.75 Å². The van der Waals surface area contributed by atoms with Gasteiger partial charge in [0.25, 0.3) is 10.1 Å². The first kappa shape index (κ1) is 21.8. The largest absolute Gasteiger partial charge is 0.379 e. The molecule has 1 N–H and O–H groups in total. The van der Waals surface area contributed by atoms with Crippen LogP contribution in [0.25, 0.3) is 0 Å². The fourth-order valence-electron chi connectivity index (χ4n) is 2.38. The summed E-state index contributed by atoms with van der Waals surface area (Å²) in [6, 6.07) is 0. The Balaban J connectivity index is 3.92. The summed E-state index contributed by atoms with van der Waals surface area (Å²) >= 11 is 0. The molecule has 0 aliphatic heterocycles. The highest BCUT2D eigenvalue weighted by molar-refractivity contribution is 7.85. The number of likely N-dealkylation sites (N-methyl/N-ethyl adjacent to an activating group) is 1. The third-order valence-corrected chi connectivity index (χ3v) is 4.91. The van der Waals surface area contributed by atoms with Gasteiger partial charge in [-0.1, -0.05) is 13.3 Å². The first-order valence-corrected chi connectivity index (χ1v) is 9.95. The van der Waals surface area contributed by atoms with Crippen molar-refractivity contribution in [3.63, 3.8) is 0 Å². The Morgan fingerprint density at radius 2 is 1.45 bits per heavy atom. The number of ether oxygens (including phenoxy) is 2. The summed E-state index contributed by atoms with van der Waals surface area (Å²) in [5, 5.41) is 0. The molecule has 0 radical (unpaired) electrons. The Morgan fingerprint density at radius 1 is 0.864 bits per heavy atom. The van der Waals surface area contributed by atoms with Gasteiger partial charge in [0, 0.05) is 13.0 Å². The summed E-state index contributed by atoms with van der Waals surface area (Å²) in [7, 11) is -3.86. The number of unbranched alkanes of at least 4 members (excludes halogenated alkanes) is 1. The van der Waals surface area contributed by atoms with Gasteiger partial charge in [0.2, 0.25) is 0 Å². The zero-order valence-corrected chi connectivity index (χ0v) is 15.2. The van der Waals surface area contributed by atoms with E-state index >= 15 is 0 Å². The second-order valence-electron chi connectivity index (χ2n) is 5.64. The van der Waals surface area contributed by atoms with Crippen LogP contribution in [0.1, 0.15) is 40.0 Å². The van der Waals surface area contributed by atoms with Crippen LogP contribution < -0.4 is 0 Å². The monoisotopic (exact) mass is 340 g/mol. The van der Waals surface area contributed by atoms with Crippen molar-refractivity contribution in [3.8, 4) is 0 Å². The maximum atomic E-state index is 10.8. The van der Waals surface area contributed by atoms with Crippen LogP contribution >= 0.6 is 0 Å². The highest BCUT2D eigenvalue weighted by Crippen LogP contribution is 2.08. The lowest BCUT2D eigenvalue weighted by Gasteiger charge is -2.36. The molecule has 134 valence electrons. The van der Waals surface area contributed by atoms with Crippen molar-refractivity contribution in [1.82, 2.24) is 0 Å². The third-order valence-electron chi connectivity index (χ3n) is 4.10. The maximum Gasteiger partial charge on any atom is 0.265 e. The lowest BCUT2D eigenvalue weighted by molar-refractivity contribution is -0.925. The lowest BCUT2D eigenvalue weighted by Crippen LogP contribution is -2.50. The highest BCUT2D eigenvalue weighted by Gasteiger charge is 2.23. The number of rotatable bonds is 15. The summed E-state index contributed by atoms with van der Waals surface area (Å²) in [5.74, 6) is -0.168. The van der Waals surface area contributed by atoms with Crippen molar-refractivity contribution in [2.45, 2.75) is 40.0 Å². The second kappa shape index (κ2) is 12.2. The third kappa shape index (κ3) is 11.4. The van der Waals surface area contributed by atoms with Gasteiger partial charge in [0.15, 0.2) is 0 Å². The quantitative estimate of drug-likeness (QED) is 0.280. The Kier molecular flexibility index (Phi) is 12.1. The van der Waals surface area contributed by atoms with E-state index in [0.29, 0.717) is 26.2 Å². The van der Waals surface area contributed by atoms with Gasteiger partial charge >= 0.3 is 0 Å². The van der Waals surface area contributed by atoms with Crippen molar-refractivity contribution in [2.24, 2.45) is 0 Å². The van der Waals surface area contributed by atoms with E-state index in [1.165, 1.54) is 0 Å². The van der Waals surface area contributed by atoms with E-state index in [1.54, 1.807) is 0 Å². The van der Waals surface area contributed by atoms with Gasteiger partial charge in [-0.25, -0.2) is 0 Å². The summed E-state index contributed by atoms with van der Waals surface area (Å²) in [5.41, 5.74) is 0. The standard InChI is InChI=1S/C15H33NO5S/c1-4-7-11-20-13-14-21-12-10-16(5-2,6-3)9-8-15-22(17,18)19/h4-15H2,1-3H3/p+1. The zero-order valence-electron chi connectivity index (χ0n) is 14.4. The number of quaternary nitrogens is 1. The number of nitrogens with zero attached hydrogens (tertiary/aromatic N) is 1. The van der Waals surface area contributed by atoms with Crippen LogP contribution in [0.3, 0.4) is 0 Å². The van der Waals surface area contributed by atoms with Crippen molar-refractivity contribution >= 4 is 10.1 Å². The van der Waals surface area contributed by atoms with Crippen LogP contribution in [0.2, 0.25) is 0 Å². The Labute approximate surface area is 136 Å². The predicted octanol–water partition coefficient (Wildman–Crippen LogP) is 1.95. The van der Waals surface area contributed by atoms with Crippen LogP contribution in [-0.4, -0.2) is 75.8 Å². The molecule has 0 rings (SSSR count). The predicted molar refractivity (Wildman–Crippen MR) is 88.7 cm³/mol. The first-order chi connectivity index (χ1) is 10.4. The van der Waals surface area contributed by atoms with Crippen LogP contribution in [0, 0.1) is 0 Å². The van der Waals surface area contributed by atoms with Gasteiger partial charge in [0.05, 0.1) is 45.2 Å². The van der Waals surface area contributed by atoms with Gasteiger partial charge in [-0.05, 0) is 20.3 Å². The van der Waals surface area contributed by atoms with Crippen LogP contribution in [-0.2, 0) is 19.6 Å². The minimum Gasteiger partial charge on any atom is -0.379 e. The molecule has 0 heterocycles. The van der Waals surface area contributed by atoms with E-state index in [4.69, 9.17) is 14.0 Å². The molecule has 0 spiro atoms. The van der Waals surface area contributed by atoms with Crippen LogP contribution in [0.4, 0.5) is 0 Å². The zero-order chi connectivity index (χ0) is 16.9. The van der Waals surface area contributed by atoms with Crippen molar-refractivity contribution in [1.29, 1.82) is 0 Å². The Bertz CT molecular complexity index is 355. The molecule has 0 bridgehead atoms. The lowest BCUT2D eigenvalue weighted by atomic mass is 10.3. The molecule has 0 unspecified atom stereocenters. The highest BCUT2D eigenvalue weighted by atomic mass is 32.2. The Morgan fingerprint density at radius 3 is 1.95 bits per heavy atom. The molecule has 0 saturated carbocycles. The normalized spacial score (nSPS) is 12.7. The van der Waals surface area contributed by atoms with E-state index < -0.39 is 10.1 Å². The summed E-state index contributed by atoms with van der Waals surface area (Å²) in [4.78, 5) is 0. The number of hydrogen-bond donors (Lipinski definition) is 1. The van der Waals surface area contributed by atoms with Gasteiger partial charge in [-0.2, -0.15) is 8.42 Å². The average Bonchev–Trinajstić information content (AvgIpc) is 2.47. The van der Waals surface area contributed by atoms with Gasteiger partial charge in [0.1, 0.15) is 6.54 Å². The molecule has 0 saturated heterocycles. The minimum absolute atomic E-state index is 0.168. The topological polar surface area (TPSA) is 72.8 Å². The second-order valence-corrected chi connectivity index (χ2v) is 7.21. The fraction of sp³-hybridized carbons (Fsp3) is 1.00.